The molecular formula is C21H25Cl2N3O2S. The molecule has 5 nitrogen and oxygen atoms in total. The number of aromatic nitrogens is 1. The smallest absolute Gasteiger partial charge is 0.261 e. The van der Waals surface area contributed by atoms with Crippen molar-refractivity contribution in [1.29, 1.82) is 0 Å². The van der Waals surface area contributed by atoms with Crippen molar-refractivity contribution in [1.82, 2.24) is 9.88 Å². The Morgan fingerprint density at radius 1 is 1.14 bits per heavy atom. The SMILES string of the molecule is CCN(CC)CCN(C(=O)c1ccccc1Cl)c1nc2ccc(OC)cc2s1.Cl. The number of benzene rings is 2. The van der Waals surface area contributed by atoms with Crippen molar-refractivity contribution >= 4 is 56.6 Å². The fraction of sp³-hybridized carbons (Fsp3) is 0.333. The Bertz CT molecular complexity index is 960. The topological polar surface area (TPSA) is 45.7 Å². The van der Waals surface area contributed by atoms with Crippen LogP contribution in [-0.2, 0) is 0 Å². The fourth-order valence-corrected chi connectivity index (χ4v) is 4.22. The van der Waals surface area contributed by atoms with Crippen LogP contribution in [-0.4, -0.2) is 49.1 Å². The number of hydrogen-bond donors (Lipinski definition) is 0. The Balaban J connectivity index is 0.00000300. The van der Waals surface area contributed by atoms with Crippen molar-refractivity contribution in [2.45, 2.75) is 13.8 Å². The number of carbonyl (C=O) groups excluding carboxylic acids is 1. The van der Waals surface area contributed by atoms with Crippen molar-refractivity contribution < 1.29 is 9.53 Å². The van der Waals surface area contributed by atoms with Crippen molar-refractivity contribution in [2.75, 3.05) is 38.2 Å². The van der Waals surface area contributed by atoms with E-state index >= 15 is 0 Å². The third-order valence-corrected chi connectivity index (χ3v) is 6.07. The average Bonchev–Trinajstić information content (AvgIpc) is 3.14. The van der Waals surface area contributed by atoms with Gasteiger partial charge in [-0.2, -0.15) is 0 Å². The summed E-state index contributed by atoms with van der Waals surface area (Å²) < 4.78 is 6.29. The molecule has 29 heavy (non-hydrogen) atoms. The number of carbonyl (C=O) groups is 1. The molecule has 156 valence electrons. The van der Waals surface area contributed by atoms with E-state index < -0.39 is 0 Å². The number of halogens is 2. The lowest BCUT2D eigenvalue weighted by molar-refractivity contribution is 0.0984. The van der Waals surface area contributed by atoms with Crippen LogP contribution in [0.1, 0.15) is 24.2 Å². The molecule has 0 aliphatic rings. The maximum Gasteiger partial charge on any atom is 0.261 e. The summed E-state index contributed by atoms with van der Waals surface area (Å²) in [5.74, 6) is 0.638. The van der Waals surface area contributed by atoms with Crippen LogP contribution in [0.2, 0.25) is 5.02 Å². The summed E-state index contributed by atoms with van der Waals surface area (Å²) in [5.41, 5.74) is 1.33. The van der Waals surface area contributed by atoms with Crippen LogP contribution in [0.25, 0.3) is 10.2 Å². The molecule has 1 amide bonds. The normalized spacial score (nSPS) is 10.8. The van der Waals surface area contributed by atoms with Gasteiger partial charge in [-0.05, 0) is 43.4 Å². The molecule has 0 aliphatic carbocycles. The number of amides is 1. The minimum atomic E-state index is -0.135. The van der Waals surface area contributed by atoms with Gasteiger partial charge in [0.2, 0.25) is 0 Å². The zero-order chi connectivity index (χ0) is 20.1. The molecule has 0 unspecified atom stereocenters. The Morgan fingerprint density at radius 3 is 2.52 bits per heavy atom. The third-order valence-electron chi connectivity index (χ3n) is 4.70. The molecule has 1 heterocycles. The highest BCUT2D eigenvalue weighted by Gasteiger charge is 2.23. The monoisotopic (exact) mass is 453 g/mol. The molecule has 8 heteroatoms. The molecule has 3 aromatic rings. The summed E-state index contributed by atoms with van der Waals surface area (Å²) in [4.78, 5) is 22.0. The molecule has 0 fully saturated rings. The number of anilines is 1. The number of ether oxygens (including phenoxy) is 1. The Kier molecular flexibility index (Phi) is 8.71. The lowest BCUT2D eigenvalue weighted by Crippen LogP contribution is -2.39. The van der Waals surface area contributed by atoms with Crippen molar-refractivity contribution in [3.05, 3.63) is 53.1 Å². The molecule has 2 aromatic carbocycles. The number of methoxy groups -OCH3 is 1. The summed E-state index contributed by atoms with van der Waals surface area (Å²) in [7, 11) is 1.64. The lowest BCUT2D eigenvalue weighted by Gasteiger charge is -2.25. The van der Waals surface area contributed by atoms with Gasteiger partial charge in [-0.3, -0.25) is 9.69 Å². The first-order valence-electron chi connectivity index (χ1n) is 9.30. The highest BCUT2D eigenvalue weighted by atomic mass is 35.5. The average molecular weight is 454 g/mol. The van der Waals surface area contributed by atoms with Crippen molar-refractivity contribution in [2.24, 2.45) is 0 Å². The van der Waals surface area contributed by atoms with E-state index in [9.17, 15) is 4.79 Å². The fourth-order valence-electron chi connectivity index (χ4n) is 2.98. The summed E-state index contributed by atoms with van der Waals surface area (Å²) in [6.45, 7) is 7.41. The van der Waals surface area contributed by atoms with Gasteiger partial charge in [0.1, 0.15) is 5.75 Å². The van der Waals surface area contributed by atoms with Gasteiger partial charge in [-0.15, -0.1) is 12.4 Å². The van der Waals surface area contributed by atoms with Crippen LogP contribution in [0.15, 0.2) is 42.5 Å². The second-order valence-corrected chi connectivity index (χ2v) is 7.71. The summed E-state index contributed by atoms with van der Waals surface area (Å²) in [6, 6.07) is 12.9. The second kappa shape index (κ2) is 10.8. The zero-order valence-electron chi connectivity index (χ0n) is 16.7. The van der Waals surface area contributed by atoms with Gasteiger partial charge < -0.3 is 9.64 Å². The van der Waals surface area contributed by atoms with Gasteiger partial charge in [0.05, 0.1) is 27.9 Å². The standard InChI is InChI=1S/C21H24ClN3O2S.ClH/c1-4-24(5-2)12-13-25(20(26)16-8-6-7-9-17(16)22)21-23-18-11-10-15(27-3)14-19(18)28-21;/h6-11,14H,4-5,12-13H2,1-3H3;1H. The van der Waals surface area contributed by atoms with Gasteiger partial charge in [0.25, 0.3) is 5.91 Å². The minimum Gasteiger partial charge on any atom is -0.497 e. The predicted octanol–water partition coefficient (Wildman–Crippen LogP) is 5.37. The van der Waals surface area contributed by atoms with Crippen LogP contribution < -0.4 is 9.64 Å². The van der Waals surface area contributed by atoms with Gasteiger partial charge in [0, 0.05) is 13.1 Å². The van der Waals surface area contributed by atoms with E-state index in [4.69, 9.17) is 21.3 Å². The van der Waals surface area contributed by atoms with E-state index in [2.05, 4.69) is 18.7 Å². The number of thiazole rings is 1. The summed E-state index contributed by atoms with van der Waals surface area (Å²) in [5, 5.41) is 1.11. The minimum absolute atomic E-state index is 0. The highest BCUT2D eigenvalue weighted by molar-refractivity contribution is 7.22. The van der Waals surface area contributed by atoms with E-state index in [-0.39, 0.29) is 18.3 Å². The van der Waals surface area contributed by atoms with Crippen LogP contribution in [0.5, 0.6) is 5.75 Å². The third kappa shape index (κ3) is 5.39. The van der Waals surface area contributed by atoms with E-state index in [1.165, 1.54) is 11.3 Å². The first kappa shape index (κ1) is 23.4. The summed E-state index contributed by atoms with van der Waals surface area (Å²) >= 11 is 7.78. The first-order valence-corrected chi connectivity index (χ1v) is 10.5. The van der Waals surface area contributed by atoms with Gasteiger partial charge in [0.15, 0.2) is 5.13 Å². The molecule has 0 saturated carbocycles. The van der Waals surface area contributed by atoms with Gasteiger partial charge >= 0.3 is 0 Å². The second-order valence-electron chi connectivity index (χ2n) is 6.29. The van der Waals surface area contributed by atoms with E-state index in [0.29, 0.717) is 22.3 Å². The molecule has 1 aromatic heterocycles. The summed E-state index contributed by atoms with van der Waals surface area (Å²) in [6.07, 6.45) is 0. The highest BCUT2D eigenvalue weighted by Crippen LogP contribution is 2.32. The van der Waals surface area contributed by atoms with Crippen LogP contribution in [0.3, 0.4) is 0 Å². The Hall–Kier alpha value is -1.86. The van der Waals surface area contributed by atoms with Crippen molar-refractivity contribution in [3.8, 4) is 5.75 Å². The molecule has 0 saturated heterocycles. The zero-order valence-corrected chi connectivity index (χ0v) is 19.1. The molecule has 0 bridgehead atoms. The predicted molar refractivity (Wildman–Crippen MR) is 124 cm³/mol. The van der Waals surface area contributed by atoms with Crippen LogP contribution in [0, 0.1) is 0 Å². The van der Waals surface area contributed by atoms with E-state index in [1.54, 1.807) is 24.1 Å². The molecule has 0 N–H and O–H groups in total. The number of fused-ring (bicyclic) bond motifs is 1. The largest absolute Gasteiger partial charge is 0.497 e. The Labute approximate surface area is 186 Å². The quantitative estimate of drug-likeness (QED) is 0.459. The lowest BCUT2D eigenvalue weighted by atomic mass is 10.2. The van der Waals surface area contributed by atoms with E-state index in [1.807, 2.05) is 30.3 Å². The maximum absolute atomic E-state index is 13.3. The number of hydrogen-bond acceptors (Lipinski definition) is 5. The van der Waals surface area contributed by atoms with Crippen LogP contribution in [0.4, 0.5) is 5.13 Å². The van der Waals surface area contributed by atoms with Gasteiger partial charge in [-0.25, -0.2) is 4.98 Å². The molecule has 0 spiro atoms. The molecule has 0 atom stereocenters. The molecule has 3 rings (SSSR count). The van der Waals surface area contributed by atoms with Crippen LogP contribution >= 0.6 is 35.3 Å². The molecular weight excluding hydrogens is 429 g/mol. The number of nitrogens with zero attached hydrogens (tertiary/aromatic N) is 3. The molecule has 0 aliphatic heterocycles. The van der Waals surface area contributed by atoms with E-state index in [0.717, 1.165) is 35.6 Å². The number of rotatable bonds is 8. The Morgan fingerprint density at radius 2 is 1.86 bits per heavy atom. The number of likely N-dealkylation sites (N-methyl/N-ethyl adjacent to an activating group) is 1. The first-order chi connectivity index (χ1) is 13.6. The van der Waals surface area contributed by atoms with Gasteiger partial charge in [-0.1, -0.05) is 48.9 Å². The maximum atomic E-state index is 13.3. The molecule has 0 radical (unpaired) electrons. The van der Waals surface area contributed by atoms with Crippen molar-refractivity contribution in [3.63, 3.8) is 0 Å².